The van der Waals surface area contributed by atoms with Crippen molar-refractivity contribution in [3.05, 3.63) is 157 Å². The minimum absolute atomic E-state index is 0.947. The third kappa shape index (κ3) is 3.80. The van der Waals surface area contributed by atoms with E-state index in [1.54, 1.807) is 0 Å². The Labute approximate surface area is 312 Å². The van der Waals surface area contributed by atoms with Crippen LogP contribution in [-0.2, 0) is 12.8 Å². The predicted molar refractivity (Wildman–Crippen MR) is 232 cm³/mol. The molecule has 0 spiro atoms. The van der Waals surface area contributed by atoms with Crippen LogP contribution in [0.25, 0.3) is 120 Å². The van der Waals surface area contributed by atoms with Gasteiger partial charge in [-0.2, -0.15) is 0 Å². The molecule has 0 bridgehead atoms. The van der Waals surface area contributed by atoms with Gasteiger partial charge in [-0.15, -0.1) is 0 Å². The quantitative estimate of drug-likeness (QED) is 0.136. The van der Waals surface area contributed by atoms with Crippen molar-refractivity contribution in [2.45, 2.75) is 26.7 Å². The zero-order valence-electron chi connectivity index (χ0n) is 30.2. The van der Waals surface area contributed by atoms with E-state index in [-0.39, 0.29) is 0 Å². The highest BCUT2D eigenvalue weighted by Gasteiger charge is 2.26. The highest BCUT2D eigenvalue weighted by atomic mass is 14.7. The van der Waals surface area contributed by atoms with E-state index < -0.39 is 0 Å². The lowest BCUT2D eigenvalue weighted by Gasteiger charge is -2.23. The first-order valence-electron chi connectivity index (χ1n) is 19.2. The van der Waals surface area contributed by atoms with Crippen molar-refractivity contribution in [3.8, 4) is 22.3 Å². The molecule has 54 heavy (non-hydrogen) atoms. The zero-order chi connectivity index (χ0) is 35.7. The Hall–Kier alpha value is -6.64. The second kappa shape index (κ2) is 10.9. The molecule has 0 aliphatic rings. The monoisotopic (exact) mass is 686 g/mol. The van der Waals surface area contributed by atoms with Gasteiger partial charge in [-0.05, 0) is 101 Å². The van der Waals surface area contributed by atoms with E-state index in [2.05, 4.69) is 159 Å². The fraction of sp³-hybridized carbons (Fsp3) is 0.0769. The molecule has 0 aliphatic heterocycles. The Morgan fingerprint density at radius 1 is 0.315 bits per heavy atom. The van der Waals surface area contributed by atoms with Crippen molar-refractivity contribution in [1.82, 2.24) is 9.97 Å². The molecule has 10 aromatic carbocycles. The molecule has 0 N–H and O–H groups in total. The maximum Gasteiger partial charge on any atom is 0.0801 e. The van der Waals surface area contributed by atoms with Gasteiger partial charge < -0.3 is 0 Å². The van der Waals surface area contributed by atoms with Gasteiger partial charge in [-0.1, -0.05) is 147 Å². The number of aromatic nitrogens is 2. The van der Waals surface area contributed by atoms with Crippen LogP contribution in [0.4, 0.5) is 0 Å². The largest absolute Gasteiger partial charge is 0.247 e. The van der Waals surface area contributed by atoms with Gasteiger partial charge in [0.25, 0.3) is 0 Å². The number of hydrogen-bond donors (Lipinski definition) is 0. The van der Waals surface area contributed by atoms with Gasteiger partial charge in [0.15, 0.2) is 0 Å². The van der Waals surface area contributed by atoms with Crippen molar-refractivity contribution in [3.63, 3.8) is 0 Å². The molecule has 0 fully saturated rings. The first kappa shape index (κ1) is 29.9. The average Bonchev–Trinajstić information content (AvgIpc) is 3.23. The van der Waals surface area contributed by atoms with Crippen molar-refractivity contribution >= 4 is 97.5 Å². The Balaban J connectivity index is 1.33. The van der Waals surface area contributed by atoms with Crippen molar-refractivity contribution in [2.24, 2.45) is 0 Å². The van der Waals surface area contributed by atoms with Crippen LogP contribution in [0.3, 0.4) is 0 Å². The Morgan fingerprint density at radius 2 is 0.704 bits per heavy atom. The molecule has 0 radical (unpaired) electrons. The summed E-state index contributed by atoms with van der Waals surface area (Å²) in [6.07, 6.45) is 1.89. The molecule has 2 nitrogen and oxygen atoms in total. The topological polar surface area (TPSA) is 25.8 Å². The fourth-order valence-electron chi connectivity index (χ4n) is 9.98. The summed E-state index contributed by atoms with van der Waals surface area (Å²) in [5, 5.41) is 17.3. The van der Waals surface area contributed by atoms with Gasteiger partial charge in [-0.3, -0.25) is 0 Å². The summed E-state index contributed by atoms with van der Waals surface area (Å²) >= 11 is 0. The van der Waals surface area contributed by atoms with Gasteiger partial charge >= 0.3 is 0 Å². The van der Waals surface area contributed by atoms with Crippen LogP contribution in [0.2, 0.25) is 0 Å². The van der Waals surface area contributed by atoms with Crippen LogP contribution in [0.1, 0.15) is 25.0 Å². The summed E-state index contributed by atoms with van der Waals surface area (Å²) in [6, 6.07) is 53.9. The maximum absolute atomic E-state index is 5.64. The molecule has 0 atom stereocenters. The van der Waals surface area contributed by atoms with E-state index in [0.29, 0.717) is 0 Å². The van der Waals surface area contributed by atoms with E-state index in [1.165, 1.54) is 109 Å². The van der Waals surface area contributed by atoms with Crippen LogP contribution in [0, 0.1) is 0 Å². The maximum atomic E-state index is 5.64. The number of benzene rings is 10. The SMILES string of the molecule is CCc1ccc2ccccc2c1-c1c2ccccc2c2nc3ccc4c(-c5c(CC)ccc6ccccc56)c5ccccc5c5nc6ccc1c2c6c3c45. The Bertz CT molecular complexity index is 3290. The molecule has 0 saturated heterocycles. The van der Waals surface area contributed by atoms with Crippen LogP contribution in [0.15, 0.2) is 146 Å². The first-order valence-corrected chi connectivity index (χ1v) is 19.2. The molecule has 0 saturated carbocycles. The highest BCUT2D eigenvalue weighted by Crippen LogP contribution is 2.51. The summed E-state index contributed by atoms with van der Waals surface area (Å²) in [4.78, 5) is 11.3. The normalized spacial score (nSPS) is 12.4. The third-order valence-electron chi connectivity index (χ3n) is 12.3. The smallest absolute Gasteiger partial charge is 0.0801 e. The second-order valence-corrected chi connectivity index (χ2v) is 14.9. The average molecular weight is 687 g/mol. The van der Waals surface area contributed by atoms with Crippen molar-refractivity contribution in [2.75, 3.05) is 0 Å². The summed E-state index contributed by atoms with van der Waals surface area (Å²) < 4.78 is 0. The third-order valence-corrected chi connectivity index (χ3v) is 12.3. The van der Waals surface area contributed by atoms with Crippen LogP contribution in [-0.4, -0.2) is 9.97 Å². The molecule has 12 rings (SSSR count). The standard InChI is InChI=1S/C52H34N2/c1-3-29-21-23-31-13-5-7-15-33(31)43(29)45-35-17-9-11-19-37(35)51-47-39(45)25-27-41-49(47)50-42(53-51)28-26-40-46(36-18-10-12-20-38(36)52(54-41)48(40)50)44-30(4-2)22-24-32-14-6-8-16-34(32)44/h5-28H,3-4H2,1-2H3. The number of rotatable bonds is 4. The Morgan fingerprint density at radius 3 is 1.13 bits per heavy atom. The predicted octanol–water partition coefficient (Wildman–Crippen LogP) is 14.2. The lowest BCUT2D eigenvalue weighted by atomic mass is 9.82. The number of hydrogen-bond acceptors (Lipinski definition) is 2. The summed E-state index contributed by atoms with van der Waals surface area (Å²) in [6.45, 7) is 4.55. The zero-order valence-corrected chi connectivity index (χ0v) is 30.2. The van der Waals surface area contributed by atoms with Crippen LogP contribution in [0.5, 0.6) is 0 Å². The van der Waals surface area contributed by atoms with Crippen LogP contribution >= 0.6 is 0 Å². The van der Waals surface area contributed by atoms with Crippen LogP contribution < -0.4 is 0 Å². The van der Waals surface area contributed by atoms with E-state index in [1.807, 2.05) is 0 Å². The van der Waals surface area contributed by atoms with Crippen molar-refractivity contribution < 1.29 is 0 Å². The van der Waals surface area contributed by atoms with Gasteiger partial charge in [0.2, 0.25) is 0 Å². The number of fused-ring (bicyclic) bond motifs is 6. The minimum atomic E-state index is 0.947. The number of nitrogens with zero attached hydrogens (tertiary/aromatic N) is 2. The van der Waals surface area contributed by atoms with Gasteiger partial charge in [0.1, 0.15) is 0 Å². The van der Waals surface area contributed by atoms with Crippen molar-refractivity contribution in [1.29, 1.82) is 0 Å². The van der Waals surface area contributed by atoms with Gasteiger partial charge in [0.05, 0.1) is 22.1 Å². The molecule has 0 amide bonds. The van der Waals surface area contributed by atoms with E-state index in [4.69, 9.17) is 9.97 Å². The lowest BCUT2D eigenvalue weighted by Crippen LogP contribution is -2.00. The van der Waals surface area contributed by atoms with E-state index >= 15 is 0 Å². The molecule has 252 valence electrons. The summed E-state index contributed by atoms with van der Waals surface area (Å²) in [5.74, 6) is 0. The lowest BCUT2D eigenvalue weighted by molar-refractivity contribution is 1.15. The minimum Gasteiger partial charge on any atom is -0.247 e. The fourth-order valence-corrected chi connectivity index (χ4v) is 9.98. The molecule has 2 aromatic heterocycles. The Kier molecular flexibility index (Phi) is 6.06. The summed E-state index contributed by atoms with van der Waals surface area (Å²) in [7, 11) is 0. The molecule has 0 unspecified atom stereocenters. The molecule has 2 heteroatoms. The van der Waals surface area contributed by atoms with E-state index in [9.17, 15) is 0 Å². The van der Waals surface area contributed by atoms with Gasteiger partial charge in [0, 0.05) is 32.3 Å². The second-order valence-electron chi connectivity index (χ2n) is 14.9. The molecular formula is C52H34N2. The number of pyridine rings is 2. The van der Waals surface area contributed by atoms with Gasteiger partial charge in [-0.25, -0.2) is 9.97 Å². The molecule has 0 aliphatic carbocycles. The molecule has 2 heterocycles. The summed E-state index contributed by atoms with van der Waals surface area (Å²) in [5.41, 5.74) is 12.1. The van der Waals surface area contributed by atoms with E-state index in [0.717, 1.165) is 34.9 Å². The molecular weight excluding hydrogens is 653 g/mol. The first-order chi connectivity index (χ1) is 26.7. The molecule has 12 aromatic rings. The highest BCUT2D eigenvalue weighted by molar-refractivity contribution is 6.41. The number of aryl methyl sites for hydroxylation is 2.